The maximum absolute atomic E-state index is 9.77. The van der Waals surface area contributed by atoms with Crippen LogP contribution in [0.3, 0.4) is 0 Å². The van der Waals surface area contributed by atoms with Gasteiger partial charge >= 0.3 is 0 Å². The molecule has 2 N–H and O–H groups in total. The lowest BCUT2D eigenvalue weighted by Crippen LogP contribution is -1.83. The Bertz CT molecular complexity index is 804. The predicted octanol–water partition coefficient (Wildman–Crippen LogP) is 3.53. The van der Waals surface area contributed by atoms with Crippen LogP contribution in [0.4, 0.5) is 0 Å². The standard InChI is InChI=1S/C16H14O5/c1-19-12-4-9(3-11(17)7-12)14-5-10-6-16(20-2)13(18)8-15(10)21-14/h3-8,17-18H,1-2H3. The molecule has 0 aliphatic rings. The molecular weight excluding hydrogens is 272 g/mol. The third-order valence-electron chi connectivity index (χ3n) is 3.23. The van der Waals surface area contributed by atoms with Crippen LogP contribution in [0.25, 0.3) is 22.3 Å². The molecule has 0 bridgehead atoms. The fourth-order valence-corrected chi connectivity index (χ4v) is 2.20. The van der Waals surface area contributed by atoms with Gasteiger partial charge in [0.25, 0.3) is 0 Å². The van der Waals surface area contributed by atoms with Gasteiger partial charge in [0.2, 0.25) is 0 Å². The van der Waals surface area contributed by atoms with Crippen molar-refractivity contribution >= 4 is 11.0 Å². The first-order chi connectivity index (χ1) is 10.1. The molecule has 0 amide bonds. The number of phenolic OH excluding ortho intramolecular Hbond substituents is 2. The lowest BCUT2D eigenvalue weighted by atomic mass is 10.1. The molecule has 0 saturated heterocycles. The second kappa shape index (κ2) is 4.94. The van der Waals surface area contributed by atoms with Crippen molar-refractivity contribution in [3.05, 3.63) is 36.4 Å². The van der Waals surface area contributed by atoms with Crippen LogP contribution in [0.15, 0.2) is 40.8 Å². The van der Waals surface area contributed by atoms with E-state index in [1.807, 2.05) is 6.07 Å². The van der Waals surface area contributed by atoms with Crippen LogP contribution in [-0.2, 0) is 0 Å². The molecule has 0 radical (unpaired) electrons. The molecule has 0 aliphatic carbocycles. The van der Waals surface area contributed by atoms with Gasteiger partial charge in [-0.05, 0) is 24.3 Å². The maximum atomic E-state index is 9.77. The van der Waals surface area contributed by atoms with Crippen LogP contribution in [-0.4, -0.2) is 24.4 Å². The van der Waals surface area contributed by atoms with Crippen molar-refractivity contribution in [2.24, 2.45) is 0 Å². The molecule has 0 spiro atoms. The molecular formula is C16H14O5. The first-order valence-electron chi connectivity index (χ1n) is 6.29. The Balaban J connectivity index is 2.15. The molecule has 2 aromatic carbocycles. The van der Waals surface area contributed by atoms with E-state index >= 15 is 0 Å². The van der Waals surface area contributed by atoms with E-state index in [9.17, 15) is 10.2 Å². The van der Waals surface area contributed by atoms with E-state index in [4.69, 9.17) is 13.9 Å². The number of hydrogen-bond donors (Lipinski definition) is 2. The summed E-state index contributed by atoms with van der Waals surface area (Å²) in [6, 6.07) is 9.85. The first-order valence-corrected chi connectivity index (χ1v) is 6.29. The molecule has 0 fully saturated rings. The van der Waals surface area contributed by atoms with Crippen molar-refractivity contribution < 1.29 is 24.1 Å². The van der Waals surface area contributed by atoms with Gasteiger partial charge in [-0.2, -0.15) is 0 Å². The van der Waals surface area contributed by atoms with Gasteiger partial charge in [-0.3, -0.25) is 0 Å². The fourth-order valence-electron chi connectivity index (χ4n) is 2.20. The molecule has 1 heterocycles. The van der Waals surface area contributed by atoms with Crippen molar-refractivity contribution in [2.75, 3.05) is 14.2 Å². The van der Waals surface area contributed by atoms with Gasteiger partial charge < -0.3 is 24.1 Å². The average Bonchev–Trinajstić information content (AvgIpc) is 2.88. The predicted molar refractivity (Wildman–Crippen MR) is 78.1 cm³/mol. The maximum Gasteiger partial charge on any atom is 0.161 e. The highest BCUT2D eigenvalue weighted by Gasteiger charge is 2.12. The molecule has 3 rings (SSSR count). The van der Waals surface area contributed by atoms with Crippen molar-refractivity contribution in [3.63, 3.8) is 0 Å². The Hall–Kier alpha value is -2.82. The van der Waals surface area contributed by atoms with Crippen LogP contribution in [0.5, 0.6) is 23.0 Å². The number of furan rings is 1. The van der Waals surface area contributed by atoms with Crippen molar-refractivity contribution in [1.29, 1.82) is 0 Å². The largest absolute Gasteiger partial charge is 0.508 e. The highest BCUT2D eigenvalue weighted by atomic mass is 16.5. The molecule has 0 atom stereocenters. The Morgan fingerprint density at radius 3 is 2.43 bits per heavy atom. The normalized spacial score (nSPS) is 10.8. The van der Waals surface area contributed by atoms with Gasteiger partial charge in [-0.25, -0.2) is 0 Å². The summed E-state index contributed by atoms with van der Waals surface area (Å²) in [4.78, 5) is 0. The number of ether oxygens (including phenoxy) is 2. The topological polar surface area (TPSA) is 72.1 Å². The summed E-state index contributed by atoms with van der Waals surface area (Å²) >= 11 is 0. The van der Waals surface area contributed by atoms with Gasteiger partial charge in [0.1, 0.15) is 22.8 Å². The van der Waals surface area contributed by atoms with E-state index in [1.165, 1.54) is 26.4 Å². The van der Waals surface area contributed by atoms with Crippen LogP contribution in [0.2, 0.25) is 0 Å². The summed E-state index contributed by atoms with van der Waals surface area (Å²) < 4.78 is 15.9. The highest BCUT2D eigenvalue weighted by Crippen LogP contribution is 2.37. The van der Waals surface area contributed by atoms with Gasteiger partial charge in [-0.15, -0.1) is 0 Å². The number of rotatable bonds is 3. The van der Waals surface area contributed by atoms with Crippen molar-refractivity contribution in [2.45, 2.75) is 0 Å². The molecule has 1 aromatic heterocycles. The molecule has 21 heavy (non-hydrogen) atoms. The summed E-state index contributed by atoms with van der Waals surface area (Å²) in [5.41, 5.74) is 1.21. The van der Waals surface area contributed by atoms with Crippen LogP contribution < -0.4 is 9.47 Å². The zero-order chi connectivity index (χ0) is 15.0. The number of benzene rings is 2. The Labute approximate surface area is 121 Å². The number of aromatic hydroxyl groups is 2. The summed E-state index contributed by atoms with van der Waals surface area (Å²) in [7, 11) is 3.02. The SMILES string of the molecule is COc1cc(O)cc(-c2cc3cc(OC)c(O)cc3o2)c1. The molecule has 108 valence electrons. The van der Waals surface area contributed by atoms with E-state index in [0.717, 1.165) is 5.39 Å². The molecule has 3 aromatic rings. The minimum atomic E-state index is 0.0133. The number of fused-ring (bicyclic) bond motifs is 1. The molecule has 0 saturated carbocycles. The second-order valence-corrected chi connectivity index (χ2v) is 4.59. The summed E-state index contributed by atoms with van der Waals surface area (Å²) in [5.74, 6) is 1.57. The zero-order valence-electron chi connectivity index (χ0n) is 11.6. The average molecular weight is 286 g/mol. The van der Waals surface area contributed by atoms with Crippen LogP contribution in [0, 0.1) is 0 Å². The third kappa shape index (κ3) is 2.33. The van der Waals surface area contributed by atoms with Crippen LogP contribution in [0.1, 0.15) is 0 Å². The van der Waals surface area contributed by atoms with E-state index < -0.39 is 0 Å². The molecule has 0 aliphatic heterocycles. The summed E-state index contributed by atoms with van der Waals surface area (Å²) in [6.07, 6.45) is 0. The van der Waals surface area contributed by atoms with Gasteiger partial charge in [-0.1, -0.05) is 0 Å². The van der Waals surface area contributed by atoms with Gasteiger partial charge in [0.15, 0.2) is 11.5 Å². The van der Waals surface area contributed by atoms with Gasteiger partial charge in [0, 0.05) is 23.1 Å². The second-order valence-electron chi connectivity index (χ2n) is 4.59. The summed E-state index contributed by atoms with van der Waals surface area (Å²) in [5, 5.41) is 20.3. The van der Waals surface area contributed by atoms with Crippen molar-refractivity contribution in [1.82, 2.24) is 0 Å². The lowest BCUT2D eigenvalue weighted by Gasteiger charge is -2.03. The van der Waals surface area contributed by atoms with Crippen LogP contribution >= 0.6 is 0 Å². The van der Waals surface area contributed by atoms with E-state index in [1.54, 1.807) is 18.2 Å². The Morgan fingerprint density at radius 1 is 0.905 bits per heavy atom. The molecule has 0 unspecified atom stereocenters. The smallest absolute Gasteiger partial charge is 0.161 e. The Kier molecular flexibility index (Phi) is 3.10. The minimum Gasteiger partial charge on any atom is -0.508 e. The van der Waals surface area contributed by atoms with E-state index in [0.29, 0.717) is 28.4 Å². The minimum absolute atomic E-state index is 0.0133. The lowest BCUT2D eigenvalue weighted by molar-refractivity contribution is 0.374. The fraction of sp³-hybridized carbons (Fsp3) is 0.125. The van der Waals surface area contributed by atoms with Gasteiger partial charge in [0.05, 0.1) is 14.2 Å². The molecule has 5 heteroatoms. The Morgan fingerprint density at radius 2 is 1.71 bits per heavy atom. The summed E-state index contributed by atoms with van der Waals surface area (Å²) in [6.45, 7) is 0. The number of hydrogen-bond acceptors (Lipinski definition) is 5. The van der Waals surface area contributed by atoms with E-state index in [-0.39, 0.29) is 11.5 Å². The third-order valence-corrected chi connectivity index (χ3v) is 3.23. The zero-order valence-corrected chi connectivity index (χ0v) is 11.6. The molecule has 5 nitrogen and oxygen atoms in total. The quantitative estimate of drug-likeness (QED) is 0.770. The first kappa shape index (κ1) is 13.2. The number of phenols is 2. The van der Waals surface area contributed by atoms with Crippen molar-refractivity contribution in [3.8, 4) is 34.3 Å². The number of methoxy groups -OCH3 is 2. The highest BCUT2D eigenvalue weighted by molar-refractivity contribution is 5.86. The monoisotopic (exact) mass is 286 g/mol. The van der Waals surface area contributed by atoms with E-state index in [2.05, 4.69) is 0 Å².